The summed E-state index contributed by atoms with van der Waals surface area (Å²) < 4.78 is 0. The number of aryl methyl sites for hydroxylation is 1. The lowest BCUT2D eigenvalue weighted by Crippen LogP contribution is -2.10. The highest BCUT2D eigenvalue weighted by Gasteiger charge is 2.12. The Hall–Kier alpha value is -1.82. The first kappa shape index (κ1) is 9.72. The second-order valence-corrected chi connectivity index (χ2v) is 3.93. The predicted molar refractivity (Wildman–Crippen MR) is 56.4 cm³/mol. The van der Waals surface area contributed by atoms with Crippen LogP contribution < -0.4 is 5.73 Å². The number of carbonyl (C=O) groups excluding carboxylic acids is 1. The van der Waals surface area contributed by atoms with Gasteiger partial charge in [-0.2, -0.15) is 10.2 Å². The van der Waals surface area contributed by atoms with Crippen LogP contribution in [0, 0.1) is 6.92 Å². The van der Waals surface area contributed by atoms with Crippen LogP contribution in [0.15, 0.2) is 18.5 Å². The van der Waals surface area contributed by atoms with Crippen LogP contribution in [0.3, 0.4) is 0 Å². The molecule has 0 radical (unpaired) electrons. The van der Waals surface area contributed by atoms with Crippen molar-refractivity contribution in [2.45, 2.75) is 6.92 Å². The standard InChI is InChI=1S/C9H8N4OS/c1-5-7(6-2-3-11-12-4-6)15-9(13-5)8(10)14/h2-4H,1H3,(H2,10,14). The third-order valence-corrected chi connectivity index (χ3v) is 3.07. The molecule has 2 aromatic heterocycles. The molecule has 0 saturated heterocycles. The predicted octanol–water partition coefficient (Wildman–Crippen LogP) is 1.01. The molecule has 15 heavy (non-hydrogen) atoms. The van der Waals surface area contributed by atoms with Gasteiger partial charge in [-0.25, -0.2) is 4.98 Å². The average Bonchev–Trinajstić information content (AvgIpc) is 2.62. The molecular formula is C9H8N4OS. The van der Waals surface area contributed by atoms with Gasteiger partial charge in [0.05, 0.1) is 23.0 Å². The van der Waals surface area contributed by atoms with E-state index in [0.717, 1.165) is 16.1 Å². The van der Waals surface area contributed by atoms with Crippen LogP contribution in [-0.4, -0.2) is 21.1 Å². The van der Waals surface area contributed by atoms with E-state index in [0.29, 0.717) is 5.01 Å². The largest absolute Gasteiger partial charge is 0.364 e. The summed E-state index contributed by atoms with van der Waals surface area (Å²) in [5.74, 6) is -0.503. The Morgan fingerprint density at radius 1 is 1.47 bits per heavy atom. The monoisotopic (exact) mass is 220 g/mol. The second kappa shape index (κ2) is 3.74. The van der Waals surface area contributed by atoms with Crippen molar-refractivity contribution in [1.82, 2.24) is 15.2 Å². The highest BCUT2D eigenvalue weighted by molar-refractivity contribution is 7.17. The van der Waals surface area contributed by atoms with Crippen molar-refractivity contribution in [2.75, 3.05) is 0 Å². The van der Waals surface area contributed by atoms with E-state index >= 15 is 0 Å². The molecule has 0 aliphatic heterocycles. The molecule has 6 heteroatoms. The first-order valence-corrected chi connectivity index (χ1v) is 5.04. The lowest BCUT2D eigenvalue weighted by molar-refractivity contribution is 0.1000. The van der Waals surface area contributed by atoms with E-state index in [-0.39, 0.29) is 0 Å². The molecule has 0 bridgehead atoms. The first-order chi connectivity index (χ1) is 7.18. The number of primary amides is 1. The second-order valence-electron chi connectivity index (χ2n) is 2.93. The summed E-state index contributed by atoms with van der Waals surface area (Å²) in [5.41, 5.74) is 6.83. The number of carbonyl (C=O) groups is 1. The lowest BCUT2D eigenvalue weighted by Gasteiger charge is -1.94. The van der Waals surface area contributed by atoms with Crippen LogP contribution in [0.25, 0.3) is 10.4 Å². The zero-order chi connectivity index (χ0) is 10.8. The van der Waals surface area contributed by atoms with Gasteiger partial charge in [0.15, 0.2) is 5.01 Å². The molecule has 1 amide bonds. The molecule has 0 atom stereocenters. The molecule has 0 aromatic carbocycles. The van der Waals surface area contributed by atoms with Crippen LogP contribution >= 0.6 is 11.3 Å². The van der Waals surface area contributed by atoms with Gasteiger partial charge in [-0.3, -0.25) is 4.79 Å². The summed E-state index contributed by atoms with van der Waals surface area (Å²) in [6.07, 6.45) is 3.23. The maximum Gasteiger partial charge on any atom is 0.277 e. The van der Waals surface area contributed by atoms with E-state index in [9.17, 15) is 4.79 Å². The Bertz CT molecular complexity index is 494. The summed E-state index contributed by atoms with van der Waals surface area (Å²) in [5, 5.41) is 7.77. The topological polar surface area (TPSA) is 81.8 Å². The van der Waals surface area contributed by atoms with Crippen molar-refractivity contribution in [2.24, 2.45) is 5.73 Å². The summed E-state index contributed by atoms with van der Waals surface area (Å²) in [6.45, 7) is 1.83. The van der Waals surface area contributed by atoms with Crippen LogP contribution in [0.5, 0.6) is 0 Å². The maximum absolute atomic E-state index is 10.9. The normalized spacial score (nSPS) is 10.2. The van der Waals surface area contributed by atoms with Gasteiger partial charge in [0.2, 0.25) is 0 Å². The molecule has 5 nitrogen and oxygen atoms in total. The number of hydrogen-bond acceptors (Lipinski definition) is 5. The highest BCUT2D eigenvalue weighted by atomic mass is 32.1. The molecule has 0 aliphatic rings. The number of hydrogen-bond donors (Lipinski definition) is 1. The molecule has 0 unspecified atom stereocenters. The van der Waals surface area contributed by atoms with Crippen LogP contribution in [0.4, 0.5) is 0 Å². The van der Waals surface area contributed by atoms with Crippen molar-refractivity contribution >= 4 is 17.2 Å². The molecule has 76 valence electrons. The molecule has 2 N–H and O–H groups in total. The van der Waals surface area contributed by atoms with Gasteiger partial charge in [-0.1, -0.05) is 0 Å². The van der Waals surface area contributed by atoms with Crippen LogP contribution in [0.2, 0.25) is 0 Å². The molecule has 0 spiro atoms. The highest BCUT2D eigenvalue weighted by Crippen LogP contribution is 2.28. The molecule has 2 aromatic rings. The van der Waals surface area contributed by atoms with Gasteiger partial charge >= 0.3 is 0 Å². The number of amides is 1. The van der Waals surface area contributed by atoms with Crippen molar-refractivity contribution in [3.63, 3.8) is 0 Å². The zero-order valence-corrected chi connectivity index (χ0v) is 8.78. The molecule has 0 saturated carbocycles. The third kappa shape index (κ3) is 1.84. The minimum Gasteiger partial charge on any atom is -0.364 e. The van der Waals surface area contributed by atoms with Gasteiger partial charge in [0.25, 0.3) is 5.91 Å². The summed E-state index contributed by atoms with van der Waals surface area (Å²) in [6, 6.07) is 1.82. The van der Waals surface area contributed by atoms with E-state index in [2.05, 4.69) is 15.2 Å². The number of rotatable bonds is 2. The first-order valence-electron chi connectivity index (χ1n) is 4.23. The number of aromatic nitrogens is 3. The summed E-state index contributed by atoms with van der Waals surface area (Å²) in [7, 11) is 0. The Labute approximate surface area is 90.0 Å². The van der Waals surface area contributed by atoms with Crippen molar-refractivity contribution in [3.05, 3.63) is 29.2 Å². The fraction of sp³-hybridized carbons (Fsp3) is 0.111. The average molecular weight is 220 g/mol. The molecular weight excluding hydrogens is 212 g/mol. The number of nitrogens with two attached hydrogens (primary N) is 1. The summed E-state index contributed by atoms with van der Waals surface area (Å²) >= 11 is 1.27. The van der Waals surface area contributed by atoms with E-state index in [1.165, 1.54) is 11.3 Å². The minimum atomic E-state index is -0.503. The van der Waals surface area contributed by atoms with Gasteiger partial charge in [-0.15, -0.1) is 11.3 Å². The van der Waals surface area contributed by atoms with E-state index < -0.39 is 5.91 Å². The Kier molecular flexibility index (Phi) is 2.42. The van der Waals surface area contributed by atoms with Crippen molar-refractivity contribution in [3.8, 4) is 10.4 Å². The lowest BCUT2D eigenvalue weighted by atomic mass is 10.2. The van der Waals surface area contributed by atoms with Gasteiger partial charge in [0, 0.05) is 5.56 Å². The van der Waals surface area contributed by atoms with E-state index in [1.54, 1.807) is 12.4 Å². The van der Waals surface area contributed by atoms with Crippen LogP contribution in [-0.2, 0) is 0 Å². The zero-order valence-electron chi connectivity index (χ0n) is 7.97. The number of thiazole rings is 1. The van der Waals surface area contributed by atoms with Crippen molar-refractivity contribution in [1.29, 1.82) is 0 Å². The molecule has 0 fully saturated rings. The fourth-order valence-corrected chi connectivity index (χ4v) is 2.10. The smallest absolute Gasteiger partial charge is 0.277 e. The fourth-order valence-electron chi connectivity index (χ4n) is 1.19. The maximum atomic E-state index is 10.9. The van der Waals surface area contributed by atoms with Gasteiger partial charge in [-0.05, 0) is 13.0 Å². The Morgan fingerprint density at radius 2 is 2.27 bits per heavy atom. The van der Waals surface area contributed by atoms with E-state index in [4.69, 9.17) is 5.73 Å². The third-order valence-electron chi connectivity index (χ3n) is 1.85. The SMILES string of the molecule is Cc1nc(C(N)=O)sc1-c1ccnnc1. The van der Waals surface area contributed by atoms with Gasteiger partial charge in [0.1, 0.15) is 0 Å². The molecule has 2 rings (SSSR count). The Morgan fingerprint density at radius 3 is 2.80 bits per heavy atom. The minimum absolute atomic E-state index is 0.319. The van der Waals surface area contributed by atoms with E-state index in [1.807, 2.05) is 13.0 Å². The molecule has 2 heterocycles. The number of nitrogens with zero attached hydrogens (tertiary/aromatic N) is 3. The van der Waals surface area contributed by atoms with Crippen molar-refractivity contribution < 1.29 is 4.79 Å². The summed E-state index contributed by atoms with van der Waals surface area (Å²) in [4.78, 5) is 15.9. The van der Waals surface area contributed by atoms with Gasteiger partial charge < -0.3 is 5.73 Å². The molecule has 0 aliphatic carbocycles. The Balaban J connectivity index is 2.50. The quantitative estimate of drug-likeness (QED) is 0.818. The van der Waals surface area contributed by atoms with Crippen LogP contribution in [0.1, 0.15) is 15.5 Å².